The molecule has 0 spiro atoms. The van der Waals surface area contributed by atoms with Gasteiger partial charge in [0.2, 0.25) is 0 Å². The van der Waals surface area contributed by atoms with E-state index in [-0.39, 0.29) is 0 Å². The first-order valence-electron chi connectivity index (χ1n) is 5.85. The smallest absolute Gasteiger partial charge is 0.166 e. The Morgan fingerprint density at radius 2 is 1.88 bits per heavy atom. The van der Waals surface area contributed by atoms with Crippen LogP contribution in [0.15, 0.2) is 30.3 Å². The lowest BCUT2D eigenvalue weighted by molar-refractivity contribution is -0.544. The predicted octanol–water partition coefficient (Wildman–Crippen LogP) is 2.69. The summed E-state index contributed by atoms with van der Waals surface area (Å²) in [6, 6.07) is 8.23. The molecule has 0 aliphatic carbocycles. The highest BCUT2D eigenvalue weighted by atomic mass is 35.5. The molecule has 0 radical (unpaired) electrons. The van der Waals surface area contributed by atoms with E-state index >= 15 is 0 Å². The van der Waals surface area contributed by atoms with Crippen LogP contribution < -0.4 is 0 Å². The lowest BCUT2D eigenvalue weighted by atomic mass is 10.1. The van der Waals surface area contributed by atoms with Gasteiger partial charge in [0.25, 0.3) is 0 Å². The average Bonchev–Trinajstić information content (AvgIpc) is 2.38. The maximum atomic E-state index is 6.25. The van der Waals surface area contributed by atoms with Crippen molar-refractivity contribution in [2.75, 3.05) is 26.3 Å². The monoisotopic (exact) mass is 250 g/mol. The molecule has 1 aliphatic heterocycles. The highest BCUT2D eigenvalue weighted by Gasteiger charge is 2.09. The number of benzene rings is 1. The molecule has 90 valence electrons. The van der Waals surface area contributed by atoms with Crippen molar-refractivity contribution in [1.82, 2.24) is 0 Å². The van der Waals surface area contributed by atoms with Crippen molar-refractivity contribution in [3.05, 3.63) is 41.5 Å². The number of allylic oxidation sites excluding steroid dienone is 1. The summed E-state index contributed by atoms with van der Waals surface area (Å²) >= 11 is 6.25. The largest absolute Gasteiger partial charge is 0.368 e. The SMILES string of the molecule is Cc1ccc(/C(Cl)=C/C=[N+]2CCOCC2)cc1. The number of hydrogen-bond donors (Lipinski definition) is 0. The van der Waals surface area contributed by atoms with E-state index in [0.717, 1.165) is 36.9 Å². The van der Waals surface area contributed by atoms with Crippen LogP contribution in [0, 0.1) is 6.92 Å². The Morgan fingerprint density at radius 1 is 1.24 bits per heavy atom. The van der Waals surface area contributed by atoms with Gasteiger partial charge in [-0.25, -0.2) is 4.58 Å². The van der Waals surface area contributed by atoms with Crippen LogP contribution in [-0.2, 0) is 4.74 Å². The molecular formula is C14H17ClNO+. The maximum absolute atomic E-state index is 6.25. The Morgan fingerprint density at radius 3 is 2.53 bits per heavy atom. The van der Waals surface area contributed by atoms with E-state index in [1.54, 1.807) is 0 Å². The van der Waals surface area contributed by atoms with Crippen molar-refractivity contribution in [3.8, 4) is 0 Å². The standard InChI is InChI=1S/C14H17ClNO/c1-12-2-4-13(5-3-12)14(15)6-7-16-8-10-17-11-9-16/h2-7H,8-11H2,1H3/q+1/b14-6-. The number of aryl methyl sites for hydroxylation is 1. The number of morpholine rings is 1. The fraction of sp³-hybridized carbons (Fsp3) is 0.357. The van der Waals surface area contributed by atoms with Crippen molar-refractivity contribution in [2.45, 2.75) is 6.92 Å². The van der Waals surface area contributed by atoms with Gasteiger partial charge in [-0.1, -0.05) is 41.4 Å². The van der Waals surface area contributed by atoms with Crippen molar-refractivity contribution in [3.63, 3.8) is 0 Å². The third kappa shape index (κ3) is 3.69. The molecule has 1 saturated heterocycles. The van der Waals surface area contributed by atoms with Crippen LogP contribution in [0.4, 0.5) is 0 Å². The Bertz CT molecular complexity index is 426. The van der Waals surface area contributed by atoms with E-state index in [1.165, 1.54) is 5.56 Å². The molecule has 3 heteroatoms. The molecule has 1 aliphatic rings. The summed E-state index contributed by atoms with van der Waals surface area (Å²) in [7, 11) is 0. The summed E-state index contributed by atoms with van der Waals surface area (Å²) in [6.07, 6.45) is 4.00. The van der Waals surface area contributed by atoms with E-state index < -0.39 is 0 Å². The van der Waals surface area contributed by atoms with E-state index in [1.807, 2.05) is 24.4 Å². The van der Waals surface area contributed by atoms with Gasteiger partial charge in [-0.3, -0.25) is 0 Å². The molecule has 0 aromatic heterocycles. The zero-order valence-electron chi connectivity index (χ0n) is 10.0. The first-order valence-corrected chi connectivity index (χ1v) is 6.23. The van der Waals surface area contributed by atoms with Crippen molar-refractivity contribution < 1.29 is 9.31 Å². The van der Waals surface area contributed by atoms with Gasteiger partial charge in [0.05, 0.1) is 5.03 Å². The lowest BCUT2D eigenvalue weighted by Gasteiger charge is -2.09. The molecular weight excluding hydrogens is 234 g/mol. The van der Waals surface area contributed by atoms with Gasteiger partial charge in [0, 0.05) is 6.08 Å². The fourth-order valence-corrected chi connectivity index (χ4v) is 1.89. The molecule has 1 fully saturated rings. The van der Waals surface area contributed by atoms with Gasteiger partial charge in [0.15, 0.2) is 19.3 Å². The second kappa shape index (κ2) is 5.99. The topological polar surface area (TPSA) is 12.2 Å². The summed E-state index contributed by atoms with van der Waals surface area (Å²) in [5.74, 6) is 0. The van der Waals surface area contributed by atoms with E-state index in [4.69, 9.17) is 16.3 Å². The van der Waals surface area contributed by atoms with Crippen LogP contribution >= 0.6 is 11.6 Å². The molecule has 0 unspecified atom stereocenters. The Kier molecular flexibility index (Phi) is 4.35. The average molecular weight is 251 g/mol. The van der Waals surface area contributed by atoms with E-state index in [2.05, 4.69) is 23.6 Å². The van der Waals surface area contributed by atoms with Crippen LogP contribution in [0.3, 0.4) is 0 Å². The van der Waals surface area contributed by atoms with Gasteiger partial charge < -0.3 is 4.74 Å². The van der Waals surface area contributed by atoms with Crippen molar-refractivity contribution >= 4 is 22.8 Å². The first kappa shape index (κ1) is 12.3. The quantitative estimate of drug-likeness (QED) is 0.735. The number of ether oxygens (including phenoxy) is 1. The first-order chi connectivity index (χ1) is 8.25. The molecule has 2 rings (SSSR count). The van der Waals surface area contributed by atoms with Gasteiger partial charge in [0.1, 0.15) is 13.2 Å². The second-order valence-corrected chi connectivity index (χ2v) is 4.59. The minimum Gasteiger partial charge on any atom is -0.368 e. The predicted molar refractivity (Wildman–Crippen MR) is 71.9 cm³/mol. The third-order valence-corrected chi connectivity index (χ3v) is 3.15. The molecule has 0 amide bonds. The van der Waals surface area contributed by atoms with E-state index in [9.17, 15) is 0 Å². The molecule has 0 saturated carbocycles. The Hall–Kier alpha value is -1.12. The van der Waals surface area contributed by atoms with Crippen molar-refractivity contribution in [1.29, 1.82) is 0 Å². The van der Waals surface area contributed by atoms with Crippen LogP contribution in [0.2, 0.25) is 0 Å². The van der Waals surface area contributed by atoms with Crippen LogP contribution in [0.1, 0.15) is 11.1 Å². The molecule has 1 aromatic rings. The molecule has 0 N–H and O–H groups in total. The molecule has 1 aromatic carbocycles. The summed E-state index contributed by atoms with van der Waals surface area (Å²) in [6.45, 7) is 5.55. The molecule has 0 atom stereocenters. The second-order valence-electron chi connectivity index (χ2n) is 4.18. The molecule has 17 heavy (non-hydrogen) atoms. The van der Waals surface area contributed by atoms with Crippen molar-refractivity contribution in [2.24, 2.45) is 0 Å². The summed E-state index contributed by atoms with van der Waals surface area (Å²) < 4.78 is 7.51. The normalized spacial score (nSPS) is 17.1. The third-order valence-electron chi connectivity index (χ3n) is 2.80. The minimum atomic E-state index is 0.775. The highest BCUT2D eigenvalue weighted by molar-refractivity contribution is 6.49. The highest BCUT2D eigenvalue weighted by Crippen LogP contribution is 2.18. The van der Waals surface area contributed by atoms with Crippen LogP contribution in [0.5, 0.6) is 0 Å². The zero-order valence-corrected chi connectivity index (χ0v) is 10.8. The molecule has 0 bridgehead atoms. The van der Waals surface area contributed by atoms with Gasteiger partial charge in [-0.05, 0) is 12.5 Å². The van der Waals surface area contributed by atoms with Gasteiger partial charge >= 0.3 is 0 Å². The summed E-state index contributed by atoms with van der Waals surface area (Å²) in [5.41, 5.74) is 2.30. The van der Waals surface area contributed by atoms with E-state index in [0.29, 0.717) is 0 Å². The lowest BCUT2D eigenvalue weighted by Crippen LogP contribution is -2.28. The number of halogens is 1. The fourth-order valence-electron chi connectivity index (χ4n) is 1.71. The number of rotatable bonds is 2. The minimum absolute atomic E-state index is 0.775. The Balaban J connectivity index is 2.08. The molecule has 2 nitrogen and oxygen atoms in total. The number of hydrogen-bond acceptors (Lipinski definition) is 1. The van der Waals surface area contributed by atoms with Crippen LogP contribution in [0.25, 0.3) is 5.03 Å². The summed E-state index contributed by atoms with van der Waals surface area (Å²) in [5, 5.41) is 0.775. The summed E-state index contributed by atoms with van der Waals surface area (Å²) in [4.78, 5) is 0. The number of nitrogens with zero attached hydrogens (tertiary/aromatic N) is 1. The zero-order chi connectivity index (χ0) is 12.1. The van der Waals surface area contributed by atoms with Gasteiger partial charge in [-0.15, -0.1) is 0 Å². The van der Waals surface area contributed by atoms with Gasteiger partial charge in [-0.2, -0.15) is 0 Å². The van der Waals surface area contributed by atoms with Crippen LogP contribution in [-0.4, -0.2) is 37.1 Å². The maximum Gasteiger partial charge on any atom is 0.166 e. The Labute approximate surface area is 107 Å². The molecule has 1 heterocycles.